The number of alkyl halides is 1. The van der Waals surface area contributed by atoms with E-state index in [4.69, 9.17) is 22.5 Å². The van der Waals surface area contributed by atoms with Crippen LogP contribution in [0.25, 0.3) is 6.08 Å². The van der Waals surface area contributed by atoms with Crippen molar-refractivity contribution in [3.8, 4) is 0 Å². The zero-order valence-corrected chi connectivity index (χ0v) is 29.9. The highest BCUT2D eigenvalue weighted by Crippen LogP contribution is 2.27. The molecule has 274 valence electrons. The number of nitrogens with zero attached hydrogens (tertiary/aromatic N) is 4. The smallest absolute Gasteiger partial charge is 0.312 e. The quantitative estimate of drug-likeness (QED) is 0.0182. The number of halogens is 1. The monoisotopic (exact) mass is 754 g/mol. The van der Waals surface area contributed by atoms with E-state index in [-0.39, 0.29) is 63.7 Å². The van der Waals surface area contributed by atoms with Crippen LogP contribution in [0.1, 0.15) is 33.0 Å². The molecule has 52 heavy (non-hydrogen) atoms. The Labute approximate surface area is 303 Å². The van der Waals surface area contributed by atoms with Gasteiger partial charge in [-0.3, -0.25) is 24.0 Å². The molecule has 1 aliphatic heterocycles. The van der Waals surface area contributed by atoms with Gasteiger partial charge in [0.05, 0.1) is 27.6 Å². The van der Waals surface area contributed by atoms with Crippen LogP contribution in [0.2, 0.25) is 0 Å². The van der Waals surface area contributed by atoms with Gasteiger partial charge in [-0.2, -0.15) is 10.0 Å². The second-order valence-corrected chi connectivity index (χ2v) is 14.2. The number of quaternary nitrogens is 1. The van der Waals surface area contributed by atoms with Crippen molar-refractivity contribution in [1.82, 2.24) is 19.9 Å². The minimum atomic E-state index is -3.51. The maximum absolute atomic E-state index is 13.5. The summed E-state index contributed by atoms with van der Waals surface area (Å²) in [5, 5.41) is 19.5. The molecule has 0 saturated carbocycles. The van der Waals surface area contributed by atoms with Crippen LogP contribution in [-0.4, -0.2) is 88.3 Å². The fraction of sp³-hybridized carbons (Fsp3) is 0.212. The van der Waals surface area contributed by atoms with Crippen molar-refractivity contribution in [1.29, 1.82) is 0 Å². The molecule has 19 heteroatoms. The molecule has 0 aliphatic carbocycles. The summed E-state index contributed by atoms with van der Waals surface area (Å²) in [5.41, 5.74) is 9.56. The van der Waals surface area contributed by atoms with E-state index in [1.807, 2.05) is 0 Å². The highest BCUT2D eigenvalue weighted by Gasteiger charge is 2.39. The number of aryl methyl sites for hydroxylation is 2. The molecule has 3 heterocycles. The Bertz CT molecular complexity index is 2130. The zero-order valence-electron chi connectivity index (χ0n) is 28.3. The first-order chi connectivity index (χ1) is 24.6. The van der Waals surface area contributed by atoms with Crippen LogP contribution < -0.4 is 27.1 Å². The van der Waals surface area contributed by atoms with Crippen molar-refractivity contribution in [2.45, 2.75) is 11.3 Å². The highest BCUT2D eigenvalue weighted by atomic mass is 35.5. The first-order valence-corrected chi connectivity index (χ1v) is 17.6. The Kier molecular flexibility index (Phi) is 12.2. The number of ketones is 1. The van der Waals surface area contributed by atoms with Crippen molar-refractivity contribution in [2.75, 3.05) is 35.9 Å². The highest BCUT2D eigenvalue weighted by molar-refractivity contribution is 7.91. The molecule has 1 aliphatic rings. The summed E-state index contributed by atoms with van der Waals surface area (Å²) < 4.78 is 26.9. The van der Waals surface area contributed by atoms with Crippen molar-refractivity contribution in [2.24, 2.45) is 25.0 Å². The molecule has 1 aromatic carbocycles. The van der Waals surface area contributed by atoms with Gasteiger partial charge in [-0.25, -0.2) is 8.42 Å². The molecule has 7 N–H and O–H groups in total. The molecule has 1 unspecified atom stereocenters. The van der Waals surface area contributed by atoms with Gasteiger partial charge < -0.3 is 36.0 Å². The van der Waals surface area contributed by atoms with E-state index in [0.29, 0.717) is 17.7 Å². The lowest BCUT2D eigenvalue weighted by molar-refractivity contribution is -0.849. The molecule has 0 radical (unpaired) electrons. The number of carbonyl (C=O) groups is 5. The molecular formula is C33H37ClN9O8S+. The first-order valence-electron chi connectivity index (χ1n) is 15.4. The number of likely N-dealkylation sites (N-methyl/N-ethyl adjacent to an activating group) is 1. The van der Waals surface area contributed by atoms with Crippen molar-refractivity contribution < 1.29 is 42.2 Å². The van der Waals surface area contributed by atoms with Crippen LogP contribution >= 0.6 is 11.6 Å². The minimum absolute atomic E-state index is 0.00557. The van der Waals surface area contributed by atoms with Crippen LogP contribution in [0.15, 0.2) is 88.5 Å². The summed E-state index contributed by atoms with van der Waals surface area (Å²) in [6, 6.07) is 8.82. The average Bonchev–Trinajstić information content (AvgIpc) is 3.77. The van der Waals surface area contributed by atoms with E-state index in [9.17, 15) is 32.4 Å². The van der Waals surface area contributed by atoms with Crippen LogP contribution in [0.4, 0.5) is 11.4 Å². The van der Waals surface area contributed by atoms with E-state index in [1.54, 1.807) is 20.3 Å². The third-order valence-electron chi connectivity index (χ3n) is 7.83. The number of hydrogen-bond donors (Lipinski definition) is 6. The van der Waals surface area contributed by atoms with E-state index >= 15 is 0 Å². The fourth-order valence-corrected chi connectivity index (χ4v) is 6.72. The Morgan fingerprint density at radius 2 is 1.58 bits per heavy atom. The third kappa shape index (κ3) is 9.22. The molecule has 3 aromatic rings. The van der Waals surface area contributed by atoms with Gasteiger partial charge in [-0.15, -0.1) is 11.6 Å². The minimum Gasteiger partial charge on any atom is -0.409 e. The molecular weight excluding hydrogens is 718 g/mol. The second kappa shape index (κ2) is 16.4. The predicted octanol–water partition coefficient (Wildman–Crippen LogP) is 1.60. The number of oxime groups is 1. The summed E-state index contributed by atoms with van der Waals surface area (Å²) in [4.78, 5) is 63.9. The third-order valence-corrected chi connectivity index (χ3v) is 9.97. The number of sulfone groups is 1. The second-order valence-electron chi connectivity index (χ2n) is 11.7. The Balaban J connectivity index is 1.44. The van der Waals surface area contributed by atoms with E-state index in [0.717, 1.165) is 0 Å². The Hall–Kier alpha value is -5.98. The summed E-state index contributed by atoms with van der Waals surface area (Å²) >= 11 is 5.58. The zero-order chi connectivity index (χ0) is 38.2. The molecule has 4 rings (SSSR count). The maximum Gasteiger partial charge on any atom is 0.312 e. The predicted molar refractivity (Wildman–Crippen MR) is 193 cm³/mol. The number of hydrogen-bond acceptors (Lipinski definition) is 9. The number of nitrogens with one attached hydrogen (secondary N) is 4. The first kappa shape index (κ1) is 38.8. The molecule has 4 amide bonds. The Morgan fingerprint density at radius 1 is 0.981 bits per heavy atom. The van der Waals surface area contributed by atoms with Crippen molar-refractivity contribution >= 4 is 74.6 Å². The number of carbonyl (C=O) groups excluding carboxylic acids is 5. The van der Waals surface area contributed by atoms with E-state index in [1.165, 1.54) is 83.2 Å². The van der Waals surface area contributed by atoms with Crippen LogP contribution in [0.5, 0.6) is 0 Å². The number of amidine groups is 1. The van der Waals surface area contributed by atoms with Gasteiger partial charge in [0, 0.05) is 51.4 Å². The van der Waals surface area contributed by atoms with Gasteiger partial charge in [0.25, 0.3) is 18.2 Å². The molecule has 0 spiro atoms. The lowest BCUT2D eigenvalue weighted by Gasteiger charge is -2.25. The number of nitrogens with two attached hydrogens (primary N) is 1. The molecule has 0 bridgehead atoms. The molecule has 1 atom stereocenters. The molecule has 2 aromatic heterocycles. The van der Waals surface area contributed by atoms with Gasteiger partial charge in [0.1, 0.15) is 30.5 Å². The number of anilines is 2. The van der Waals surface area contributed by atoms with Crippen LogP contribution in [0, 0.1) is 0 Å². The topological polar surface area (TPSA) is 236 Å². The number of aromatic nitrogens is 2. The fourth-order valence-electron chi connectivity index (χ4n) is 5.12. The van der Waals surface area contributed by atoms with Gasteiger partial charge in [0.15, 0.2) is 15.6 Å². The SMILES string of the molecule is Cn1cc(NC(=O)c2cc(NC(=O)C3=CC(C(=O)C=Cc4ccc(S(=O)(=O)CCCl)cc4)=C[N+]3(C)NC=O)cn2C)cc1C(=O)NCCC(N)=NO. The summed E-state index contributed by atoms with van der Waals surface area (Å²) in [6.07, 6.45) is 9.02. The lowest BCUT2D eigenvalue weighted by Crippen LogP contribution is -2.50. The maximum atomic E-state index is 13.5. The van der Waals surface area contributed by atoms with Crippen LogP contribution in [0.3, 0.4) is 0 Å². The van der Waals surface area contributed by atoms with Crippen molar-refractivity contribution in [3.05, 3.63) is 95.4 Å². The number of allylic oxidation sites excluding steroid dienone is 3. The average molecular weight is 755 g/mol. The van der Waals surface area contributed by atoms with Crippen LogP contribution in [-0.2, 0) is 38.3 Å². The van der Waals surface area contributed by atoms with E-state index < -0.39 is 37.9 Å². The summed E-state index contributed by atoms with van der Waals surface area (Å²) in [7, 11) is 1.19. The number of amides is 4. The van der Waals surface area contributed by atoms with Gasteiger partial charge in [-0.05, 0) is 35.9 Å². The summed E-state index contributed by atoms with van der Waals surface area (Å²) in [6.45, 7) is 0.132. The number of rotatable bonds is 16. The summed E-state index contributed by atoms with van der Waals surface area (Å²) in [5.74, 6) is -2.41. The molecule has 0 saturated heterocycles. The van der Waals surface area contributed by atoms with Gasteiger partial charge in [-0.1, -0.05) is 23.4 Å². The normalized spacial score (nSPS) is 15.9. The standard InChI is InChI=1S/C33H36ClN9O8S/c1-41-17-23(15-26(41)31(46)36-12-10-30(35)40-49)38-32(47)27-16-24(18-42(27)2)39-33(48)28-14-22(19-43(28,3)37-20-44)29(45)9-6-21-4-7-25(8-5-21)52(50,51)13-11-34/h4-9,14-20H,10-13H2,1-3H3,(H6-,35,36,37,38,39,40,44,46,47,48,49)/p+1. The van der Waals surface area contributed by atoms with Crippen molar-refractivity contribution in [3.63, 3.8) is 0 Å². The van der Waals surface area contributed by atoms with Gasteiger partial charge >= 0.3 is 5.91 Å². The largest absolute Gasteiger partial charge is 0.409 e. The number of benzene rings is 1. The molecule has 0 fully saturated rings. The van der Waals surface area contributed by atoms with E-state index in [2.05, 4.69) is 26.5 Å². The Morgan fingerprint density at radius 3 is 2.15 bits per heavy atom. The van der Waals surface area contributed by atoms with Gasteiger partial charge in [0.2, 0.25) is 5.70 Å². The molecule has 17 nitrogen and oxygen atoms in total. The lowest BCUT2D eigenvalue weighted by atomic mass is 10.1.